The molecule has 2 aromatic rings. The van der Waals surface area contributed by atoms with Crippen LogP contribution in [0.4, 0.5) is 4.79 Å². The number of imide groups is 1. The first-order chi connectivity index (χ1) is 18.5. The van der Waals surface area contributed by atoms with E-state index < -0.39 is 53.7 Å². The molecule has 12 heteroatoms. The minimum Gasteiger partial charge on any atom is -0.467 e. The Morgan fingerprint density at radius 3 is 2.51 bits per heavy atom. The number of likely N-dealkylation sites (tertiary alicyclic amines) is 1. The topological polar surface area (TPSA) is 147 Å². The molecule has 0 aliphatic carbocycles. The summed E-state index contributed by atoms with van der Waals surface area (Å²) in [6.07, 6.45) is -0.879. The van der Waals surface area contributed by atoms with Gasteiger partial charge in [0.1, 0.15) is 11.6 Å². The van der Waals surface area contributed by atoms with E-state index >= 15 is 0 Å². The highest BCUT2D eigenvalue weighted by atomic mass is 32.1. The highest BCUT2D eigenvalue weighted by Crippen LogP contribution is 2.25. The predicted molar refractivity (Wildman–Crippen MR) is 144 cm³/mol. The molecule has 3 N–H and O–H groups in total. The summed E-state index contributed by atoms with van der Waals surface area (Å²) in [5.74, 6) is -2.09. The van der Waals surface area contributed by atoms with Crippen LogP contribution in [0.2, 0.25) is 0 Å². The molecule has 1 aliphatic rings. The van der Waals surface area contributed by atoms with Gasteiger partial charge in [-0.2, -0.15) is 0 Å². The van der Waals surface area contributed by atoms with Crippen LogP contribution in [0.1, 0.15) is 44.9 Å². The second-order valence-electron chi connectivity index (χ2n) is 10.4. The van der Waals surface area contributed by atoms with Gasteiger partial charge in [-0.05, 0) is 52.1 Å². The normalized spacial score (nSPS) is 18.0. The Hall–Kier alpha value is -3.35. The van der Waals surface area contributed by atoms with Gasteiger partial charge < -0.3 is 19.9 Å². The number of aliphatic hydroxyl groups is 1. The molecule has 1 fully saturated rings. The lowest BCUT2D eigenvalue weighted by atomic mass is 9.98. The Morgan fingerprint density at radius 2 is 1.90 bits per heavy atom. The molecule has 1 aromatic carbocycles. The SMILES string of the molecule is COC(=O)[C@H](O)C(Cc1ccccc1)N1CCC[C@H]1C(=O)NC(=O)[C@H](Cc1cscn1)NC(=O)OC(C)(C)C. The third-order valence-electron chi connectivity index (χ3n) is 6.27. The van der Waals surface area contributed by atoms with Crippen molar-refractivity contribution < 1.29 is 33.8 Å². The second kappa shape index (κ2) is 13.6. The standard InChI is InChI=1S/C27H36N4O7S/c1-27(2,3)38-26(36)29-19(14-18-15-39-16-28-18)23(33)30-24(34)20-11-8-12-31(20)21(22(32)25(35)37-4)13-17-9-6-5-7-10-17/h5-7,9-10,15-16,19-22,32H,8,11-14H2,1-4H3,(H,29,36)(H,30,33,34)/t19-,20-,21?,22+/m0/s1. The molecule has 1 saturated heterocycles. The highest BCUT2D eigenvalue weighted by Gasteiger charge is 2.42. The summed E-state index contributed by atoms with van der Waals surface area (Å²) in [4.78, 5) is 57.2. The van der Waals surface area contributed by atoms with Gasteiger partial charge in [0.2, 0.25) is 11.8 Å². The molecule has 2 heterocycles. The van der Waals surface area contributed by atoms with Crippen molar-refractivity contribution in [2.75, 3.05) is 13.7 Å². The third-order valence-corrected chi connectivity index (χ3v) is 6.90. The fourth-order valence-electron chi connectivity index (χ4n) is 4.51. The van der Waals surface area contributed by atoms with Gasteiger partial charge in [0.05, 0.1) is 30.4 Å². The van der Waals surface area contributed by atoms with E-state index in [1.54, 1.807) is 36.6 Å². The lowest BCUT2D eigenvalue weighted by Gasteiger charge is -2.34. The van der Waals surface area contributed by atoms with Crippen molar-refractivity contribution in [3.05, 3.63) is 52.5 Å². The molecule has 212 valence electrons. The number of alkyl carbamates (subject to hydrolysis) is 1. The number of amides is 3. The van der Waals surface area contributed by atoms with Crippen LogP contribution in [0.15, 0.2) is 41.2 Å². The molecule has 1 aliphatic heterocycles. The fourth-order valence-corrected chi connectivity index (χ4v) is 5.08. The van der Waals surface area contributed by atoms with Crippen LogP contribution < -0.4 is 10.6 Å². The lowest BCUT2D eigenvalue weighted by Crippen LogP contribution is -2.57. The summed E-state index contributed by atoms with van der Waals surface area (Å²) in [7, 11) is 1.19. The number of hydrogen-bond donors (Lipinski definition) is 3. The number of esters is 1. The summed E-state index contributed by atoms with van der Waals surface area (Å²) >= 11 is 1.35. The van der Waals surface area contributed by atoms with Crippen molar-refractivity contribution >= 4 is 35.2 Å². The number of methoxy groups -OCH3 is 1. The maximum atomic E-state index is 13.4. The lowest BCUT2D eigenvalue weighted by molar-refractivity contribution is -0.155. The van der Waals surface area contributed by atoms with Gasteiger partial charge in [-0.25, -0.2) is 14.6 Å². The fraction of sp³-hybridized carbons (Fsp3) is 0.519. The van der Waals surface area contributed by atoms with E-state index in [0.29, 0.717) is 31.5 Å². The molecular weight excluding hydrogens is 524 g/mol. The van der Waals surface area contributed by atoms with Crippen LogP contribution in [0.25, 0.3) is 0 Å². The van der Waals surface area contributed by atoms with Crippen LogP contribution in [0, 0.1) is 0 Å². The predicted octanol–water partition coefficient (Wildman–Crippen LogP) is 1.83. The first kappa shape index (κ1) is 30.2. The van der Waals surface area contributed by atoms with E-state index in [-0.39, 0.29) is 6.42 Å². The van der Waals surface area contributed by atoms with Gasteiger partial charge in [0, 0.05) is 11.8 Å². The van der Waals surface area contributed by atoms with Crippen molar-refractivity contribution in [2.24, 2.45) is 0 Å². The Kier molecular flexibility index (Phi) is 10.6. The van der Waals surface area contributed by atoms with Crippen LogP contribution in [-0.4, -0.2) is 82.4 Å². The zero-order valence-corrected chi connectivity index (χ0v) is 23.4. The maximum Gasteiger partial charge on any atom is 0.408 e. The molecule has 1 aromatic heterocycles. The van der Waals surface area contributed by atoms with Gasteiger partial charge in [-0.3, -0.25) is 19.8 Å². The molecule has 1 unspecified atom stereocenters. The van der Waals surface area contributed by atoms with Crippen molar-refractivity contribution in [2.45, 2.75) is 76.3 Å². The van der Waals surface area contributed by atoms with E-state index in [1.807, 2.05) is 30.3 Å². The van der Waals surface area contributed by atoms with Crippen molar-refractivity contribution in [1.29, 1.82) is 0 Å². The van der Waals surface area contributed by atoms with E-state index in [1.165, 1.54) is 18.4 Å². The van der Waals surface area contributed by atoms with Crippen LogP contribution in [0.5, 0.6) is 0 Å². The number of carbonyl (C=O) groups excluding carboxylic acids is 4. The zero-order valence-electron chi connectivity index (χ0n) is 22.6. The van der Waals surface area contributed by atoms with E-state index in [2.05, 4.69) is 15.6 Å². The molecule has 3 amide bonds. The van der Waals surface area contributed by atoms with Gasteiger partial charge in [0.25, 0.3) is 0 Å². The zero-order chi connectivity index (χ0) is 28.6. The van der Waals surface area contributed by atoms with E-state index in [9.17, 15) is 24.3 Å². The molecule has 39 heavy (non-hydrogen) atoms. The van der Waals surface area contributed by atoms with Gasteiger partial charge >= 0.3 is 12.1 Å². The molecule has 0 saturated carbocycles. The second-order valence-corrected chi connectivity index (χ2v) is 11.1. The quantitative estimate of drug-likeness (QED) is 0.370. The molecule has 11 nitrogen and oxygen atoms in total. The molecule has 4 atom stereocenters. The molecule has 0 bridgehead atoms. The number of aliphatic hydroxyl groups excluding tert-OH is 1. The largest absolute Gasteiger partial charge is 0.467 e. The monoisotopic (exact) mass is 560 g/mol. The number of ether oxygens (including phenoxy) is 2. The summed E-state index contributed by atoms with van der Waals surface area (Å²) in [6.45, 7) is 5.55. The number of carbonyl (C=O) groups is 4. The number of thiazole rings is 1. The molecular formula is C27H36N4O7S. The smallest absolute Gasteiger partial charge is 0.408 e. The summed E-state index contributed by atoms with van der Waals surface area (Å²) in [5.41, 5.74) is 2.28. The summed E-state index contributed by atoms with van der Waals surface area (Å²) in [5, 5.41) is 17.5. The van der Waals surface area contributed by atoms with Crippen LogP contribution in [0.3, 0.4) is 0 Å². The Balaban J connectivity index is 1.76. The summed E-state index contributed by atoms with van der Waals surface area (Å²) < 4.78 is 10.1. The average molecular weight is 561 g/mol. The highest BCUT2D eigenvalue weighted by molar-refractivity contribution is 7.07. The first-order valence-corrected chi connectivity index (χ1v) is 13.7. The van der Waals surface area contributed by atoms with Crippen LogP contribution in [-0.2, 0) is 36.7 Å². The van der Waals surface area contributed by atoms with E-state index in [4.69, 9.17) is 9.47 Å². The van der Waals surface area contributed by atoms with Gasteiger partial charge in [-0.15, -0.1) is 11.3 Å². The number of nitrogens with one attached hydrogen (secondary N) is 2. The number of aromatic nitrogens is 1. The number of hydrogen-bond acceptors (Lipinski definition) is 10. The third kappa shape index (κ3) is 8.84. The Morgan fingerprint density at radius 1 is 1.18 bits per heavy atom. The summed E-state index contributed by atoms with van der Waals surface area (Å²) in [6, 6.07) is 6.67. The van der Waals surface area contributed by atoms with Crippen molar-refractivity contribution in [3.63, 3.8) is 0 Å². The number of nitrogens with zero attached hydrogens (tertiary/aromatic N) is 2. The Labute approximate surface area is 231 Å². The van der Waals surface area contributed by atoms with E-state index in [0.717, 1.165) is 5.56 Å². The minimum atomic E-state index is -1.49. The molecule has 0 radical (unpaired) electrons. The number of rotatable bonds is 10. The average Bonchev–Trinajstić information content (AvgIpc) is 3.58. The molecule has 3 rings (SSSR count). The minimum absolute atomic E-state index is 0.0634. The maximum absolute atomic E-state index is 13.4. The van der Waals surface area contributed by atoms with Gasteiger partial charge in [-0.1, -0.05) is 30.3 Å². The van der Waals surface area contributed by atoms with Gasteiger partial charge in [0.15, 0.2) is 6.10 Å². The first-order valence-electron chi connectivity index (χ1n) is 12.8. The van der Waals surface area contributed by atoms with Crippen molar-refractivity contribution in [3.8, 4) is 0 Å². The van der Waals surface area contributed by atoms with Crippen LogP contribution >= 0.6 is 11.3 Å². The Bertz CT molecular complexity index is 1120. The molecule has 0 spiro atoms. The number of benzene rings is 1. The van der Waals surface area contributed by atoms with Crippen molar-refractivity contribution in [1.82, 2.24) is 20.5 Å².